The SMILES string of the molecule is CCCC/C=C\CCCCCCCC(=O)OCCCCCCCCCCCCCC/C=C\CCCCCCCCCCC(=O)NC(CO)C(O)/C=C/CCCCCCCCCCCCCCC. The smallest absolute Gasteiger partial charge is 0.305 e. The number of allylic oxidation sites excluding steroid dienone is 5. The Bertz CT molecular complexity index is 1090. The first-order chi connectivity index (χ1) is 33.0. The summed E-state index contributed by atoms with van der Waals surface area (Å²) in [5, 5.41) is 23.1. The van der Waals surface area contributed by atoms with Gasteiger partial charge in [0.25, 0.3) is 0 Å². The van der Waals surface area contributed by atoms with Gasteiger partial charge in [-0.05, 0) is 77.0 Å². The largest absolute Gasteiger partial charge is 0.466 e. The molecule has 0 aromatic rings. The van der Waals surface area contributed by atoms with Crippen molar-refractivity contribution >= 4 is 11.9 Å². The molecule has 0 aliphatic heterocycles. The number of hydrogen-bond donors (Lipinski definition) is 3. The summed E-state index contributed by atoms with van der Waals surface area (Å²) in [6.07, 6.45) is 70.3. The number of aliphatic hydroxyl groups excluding tert-OH is 2. The maximum absolute atomic E-state index is 12.5. The van der Waals surface area contributed by atoms with Crippen LogP contribution in [0.25, 0.3) is 0 Å². The van der Waals surface area contributed by atoms with Gasteiger partial charge in [0.05, 0.1) is 25.4 Å². The minimum Gasteiger partial charge on any atom is -0.466 e. The second kappa shape index (κ2) is 56.7. The zero-order valence-corrected chi connectivity index (χ0v) is 44.9. The van der Waals surface area contributed by atoms with Crippen LogP contribution in [0, 0.1) is 0 Å². The van der Waals surface area contributed by atoms with Crippen molar-refractivity contribution in [3.8, 4) is 0 Å². The van der Waals surface area contributed by atoms with Crippen molar-refractivity contribution in [3.63, 3.8) is 0 Å². The number of unbranched alkanes of at least 4 members (excludes halogenated alkanes) is 40. The molecule has 1 amide bonds. The van der Waals surface area contributed by atoms with E-state index >= 15 is 0 Å². The summed E-state index contributed by atoms with van der Waals surface area (Å²) in [5.41, 5.74) is 0. The zero-order valence-electron chi connectivity index (χ0n) is 44.9. The molecule has 0 aromatic carbocycles. The van der Waals surface area contributed by atoms with Crippen molar-refractivity contribution in [1.29, 1.82) is 0 Å². The van der Waals surface area contributed by atoms with Crippen molar-refractivity contribution < 1.29 is 24.5 Å². The van der Waals surface area contributed by atoms with Gasteiger partial charge < -0.3 is 20.3 Å². The highest BCUT2D eigenvalue weighted by Crippen LogP contribution is 2.16. The van der Waals surface area contributed by atoms with Crippen molar-refractivity contribution in [2.45, 2.75) is 328 Å². The lowest BCUT2D eigenvalue weighted by molar-refractivity contribution is -0.143. The van der Waals surface area contributed by atoms with Crippen molar-refractivity contribution in [2.24, 2.45) is 0 Å². The Morgan fingerprint density at radius 1 is 0.403 bits per heavy atom. The van der Waals surface area contributed by atoms with E-state index in [0.29, 0.717) is 19.4 Å². The maximum Gasteiger partial charge on any atom is 0.305 e. The number of esters is 1. The Kier molecular flexibility index (Phi) is 55.0. The average molecular weight is 943 g/mol. The third-order valence-corrected chi connectivity index (χ3v) is 13.6. The Morgan fingerprint density at radius 2 is 0.716 bits per heavy atom. The van der Waals surface area contributed by atoms with E-state index in [9.17, 15) is 19.8 Å². The highest BCUT2D eigenvalue weighted by atomic mass is 16.5. The van der Waals surface area contributed by atoms with Crippen LogP contribution in [0.4, 0.5) is 0 Å². The summed E-state index contributed by atoms with van der Waals surface area (Å²) in [6.45, 7) is 4.87. The summed E-state index contributed by atoms with van der Waals surface area (Å²) in [4.78, 5) is 24.4. The summed E-state index contributed by atoms with van der Waals surface area (Å²) >= 11 is 0. The number of ether oxygens (including phenoxy) is 1. The molecule has 2 unspecified atom stereocenters. The van der Waals surface area contributed by atoms with Crippen LogP contribution in [0.15, 0.2) is 36.5 Å². The Balaban J connectivity index is 3.44. The Morgan fingerprint density at radius 3 is 1.10 bits per heavy atom. The molecule has 0 rings (SSSR count). The first kappa shape index (κ1) is 65.1. The quantitative estimate of drug-likeness (QED) is 0.0321. The third-order valence-electron chi connectivity index (χ3n) is 13.6. The molecular formula is C61H115NO5. The molecule has 0 aliphatic rings. The van der Waals surface area contributed by atoms with Crippen molar-refractivity contribution in [3.05, 3.63) is 36.5 Å². The maximum atomic E-state index is 12.5. The summed E-state index contributed by atoms with van der Waals surface area (Å²) < 4.78 is 5.45. The van der Waals surface area contributed by atoms with Crippen LogP contribution < -0.4 is 5.32 Å². The molecule has 0 fully saturated rings. The van der Waals surface area contributed by atoms with Gasteiger partial charge >= 0.3 is 5.97 Å². The Labute approximate surface area is 417 Å². The van der Waals surface area contributed by atoms with Crippen LogP contribution in [0.2, 0.25) is 0 Å². The number of carbonyl (C=O) groups excluding carboxylic acids is 2. The van der Waals surface area contributed by atoms with Crippen molar-refractivity contribution in [2.75, 3.05) is 13.2 Å². The normalized spacial score (nSPS) is 12.8. The molecule has 0 spiro atoms. The molecule has 0 bridgehead atoms. The van der Waals surface area contributed by atoms with Gasteiger partial charge in [0, 0.05) is 12.8 Å². The van der Waals surface area contributed by atoms with E-state index in [1.807, 2.05) is 6.08 Å². The van der Waals surface area contributed by atoms with E-state index in [1.54, 1.807) is 6.08 Å². The monoisotopic (exact) mass is 942 g/mol. The predicted molar refractivity (Wildman–Crippen MR) is 292 cm³/mol. The molecular weight excluding hydrogens is 827 g/mol. The van der Waals surface area contributed by atoms with Crippen LogP contribution in [0.5, 0.6) is 0 Å². The van der Waals surface area contributed by atoms with Gasteiger partial charge in [0.15, 0.2) is 0 Å². The fourth-order valence-electron chi connectivity index (χ4n) is 9.02. The standard InChI is InChI=1S/C61H115NO5/c1-3-5-7-9-11-13-15-16-27-30-34-37-41-45-49-53-59(64)58(57-63)62-60(65)54-50-46-42-38-35-31-28-25-23-21-19-17-18-20-22-24-26-29-32-36-40-44-48-52-56-67-61(66)55-51-47-43-39-33-14-12-10-8-6-4-2/h10,12,19,21,49,53,58-59,63-64H,3-9,11,13-18,20,22-48,50-52,54-57H2,1-2H3,(H,62,65)/b12-10-,21-19-,53-49+. The van der Waals surface area contributed by atoms with Crippen LogP contribution in [0.1, 0.15) is 316 Å². The molecule has 0 saturated heterocycles. The molecule has 2 atom stereocenters. The first-order valence-corrected chi connectivity index (χ1v) is 29.8. The molecule has 6 heteroatoms. The lowest BCUT2D eigenvalue weighted by Gasteiger charge is -2.20. The number of aliphatic hydroxyl groups is 2. The predicted octanol–water partition coefficient (Wildman–Crippen LogP) is 18.4. The minimum atomic E-state index is -0.847. The van der Waals surface area contributed by atoms with E-state index in [4.69, 9.17) is 4.74 Å². The molecule has 3 N–H and O–H groups in total. The topological polar surface area (TPSA) is 95.9 Å². The number of hydrogen-bond acceptors (Lipinski definition) is 5. The van der Waals surface area contributed by atoms with E-state index in [0.717, 1.165) is 44.9 Å². The average Bonchev–Trinajstić information content (AvgIpc) is 3.33. The molecule has 67 heavy (non-hydrogen) atoms. The molecule has 0 aliphatic carbocycles. The molecule has 0 radical (unpaired) electrons. The highest BCUT2D eigenvalue weighted by Gasteiger charge is 2.18. The fraction of sp³-hybridized carbons (Fsp3) is 0.869. The lowest BCUT2D eigenvalue weighted by atomic mass is 10.0. The molecule has 0 heterocycles. The van der Waals surface area contributed by atoms with E-state index in [-0.39, 0.29) is 18.5 Å². The van der Waals surface area contributed by atoms with Gasteiger partial charge in [-0.25, -0.2) is 0 Å². The molecule has 0 aromatic heterocycles. The van der Waals surface area contributed by atoms with E-state index in [1.165, 1.54) is 244 Å². The lowest BCUT2D eigenvalue weighted by Crippen LogP contribution is -2.45. The zero-order chi connectivity index (χ0) is 48.6. The second-order valence-corrected chi connectivity index (χ2v) is 20.3. The highest BCUT2D eigenvalue weighted by molar-refractivity contribution is 5.76. The van der Waals surface area contributed by atoms with Gasteiger partial charge in [-0.15, -0.1) is 0 Å². The van der Waals surface area contributed by atoms with Gasteiger partial charge in [0.2, 0.25) is 5.91 Å². The number of amides is 1. The van der Waals surface area contributed by atoms with Crippen molar-refractivity contribution in [1.82, 2.24) is 5.32 Å². The second-order valence-electron chi connectivity index (χ2n) is 20.3. The summed E-state index contributed by atoms with van der Waals surface area (Å²) in [6, 6.07) is -0.631. The first-order valence-electron chi connectivity index (χ1n) is 29.8. The number of nitrogens with one attached hydrogen (secondary N) is 1. The molecule has 6 nitrogen and oxygen atoms in total. The number of rotatable bonds is 55. The Hall–Kier alpha value is -1.92. The summed E-state index contributed by atoms with van der Waals surface area (Å²) in [7, 11) is 0. The van der Waals surface area contributed by atoms with Gasteiger partial charge in [-0.2, -0.15) is 0 Å². The van der Waals surface area contributed by atoms with E-state index < -0.39 is 12.1 Å². The molecule has 0 saturated carbocycles. The van der Waals surface area contributed by atoms with Crippen LogP contribution in [-0.2, 0) is 14.3 Å². The van der Waals surface area contributed by atoms with Gasteiger partial charge in [-0.3, -0.25) is 9.59 Å². The van der Waals surface area contributed by atoms with Crippen LogP contribution in [-0.4, -0.2) is 47.4 Å². The van der Waals surface area contributed by atoms with Gasteiger partial charge in [0.1, 0.15) is 0 Å². The third kappa shape index (κ3) is 53.3. The minimum absolute atomic E-state index is 0.000663. The van der Waals surface area contributed by atoms with Gasteiger partial charge in [-0.1, -0.05) is 262 Å². The molecule has 394 valence electrons. The van der Waals surface area contributed by atoms with Crippen LogP contribution in [0.3, 0.4) is 0 Å². The fourth-order valence-corrected chi connectivity index (χ4v) is 9.02. The van der Waals surface area contributed by atoms with Crippen LogP contribution >= 0.6 is 0 Å². The van der Waals surface area contributed by atoms with E-state index in [2.05, 4.69) is 43.5 Å². The summed E-state index contributed by atoms with van der Waals surface area (Å²) in [5.74, 6) is -0.0711. The number of carbonyl (C=O) groups is 2.